The maximum Gasteiger partial charge on any atom is 0.194 e. The van der Waals surface area contributed by atoms with E-state index < -0.39 is 5.60 Å². The van der Waals surface area contributed by atoms with Crippen molar-refractivity contribution >= 4 is 12.0 Å². The quantitative estimate of drug-likeness (QED) is 0.487. The first kappa shape index (κ1) is 6.26. The number of oxime groups is 1. The van der Waals surface area contributed by atoms with Gasteiger partial charge in [0.1, 0.15) is 0 Å². The largest absolute Gasteiger partial charge is 0.382 e. The van der Waals surface area contributed by atoms with Gasteiger partial charge in [-0.25, -0.2) is 0 Å². The number of rotatable bonds is 1. The van der Waals surface area contributed by atoms with Gasteiger partial charge in [-0.3, -0.25) is 4.79 Å². The molecular weight excluding hydrogens is 118 g/mol. The molecule has 0 N–H and O–H groups in total. The fourth-order valence-electron chi connectivity index (χ4n) is 0.818. The molecule has 50 valence electrons. The molecule has 3 heteroatoms. The molecule has 1 rings (SSSR count). The molecule has 0 aliphatic carbocycles. The number of nitrogens with zero attached hydrogens (tertiary/aromatic N) is 1. The summed E-state index contributed by atoms with van der Waals surface area (Å²) in [7, 11) is 0. The second kappa shape index (κ2) is 1.83. The summed E-state index contributed by atoms with van der Waals surface area (Å²) >= 11 is 0. The average Bonchev–Trinajstić information content (AvgIpc) is 2.13. The van der Waals surface area contributed by atoms with Crippen molar-refractivity contribution in [1.82, 2.24) is 0 Å². The van der Waals surface area contributed by atoms with Gasteiger partial charge in [0.2, 0.25) is 0 Å². The van der Waals surface area contributed by atoms with Crippen molar-refractivity contribution in [3.8, 4) is 0 Å². The van der Waals surface area contributed by atoms with E-state index in [1.165, 1.54) is 0 Å². The monoisotopic (exact) mass is 127 g/mol. The number of hydrogen-bond donors (Lipinski definition) is 0. The zero-order chi connectivity index (χ0) is 6.91. The second-order valence-electron chi connectivity index (χ2n) is 2.53. The molecule has 0 aromatic heterocycles. The minimum Gasteiger partial charge on any atom is -0.382 e. The van der Waals surface area contributed by atoms with Gasteiger partial charge in [0, 0.05) is 6.42 Å². The highest BCUT2D eigenvalue weighted by Gasteiger charge is 2.31. The van der Waals surface area contributed by atoms with Gasteiger partial charge in [-0.1, -0.05) is 5.16 Å². The lowest BCUT2D eigenvalue weighted by Gasteiger charge is -2.10. The van der Waals surface area contributed by atoms with E-state index in [-0.39, 0.29) is 0 Å². The standard InChI is InChI=1S/C6H9NO2/c1-5-3-6(2,4-8)9-7-5/h4H,3H2,1-2H3. The Morgan fingerprint density at radius 1 is 1.89 bits per heavy atom. The number of aldehydes is 1. The molecule has 0 amide bonds. The summed E-state index contributed by atoms with van der Waals surface area (Å²) in [6, 6.07) is 0. The summed E-state index contributed by atoms with van der Waals surface area (Å²) in [5.41, 5.74) is 0.203. The first-order chi connectivity index (χ1) is 4.16. The number of hydrogen-bond acceptors (Lipinski definition) is 3. The topological polar surface area (TPSA) is 38.7 Å². The molecule has 9 heavy (non-hydrogen) atoms. The SMILES string of the molecule is CC1=NOC(C)(C=O)C1. The minimum absolute atomic E-state index is 0.622. The summed E-state index contributed by atoms with van der Waals surface area (Å²) in [5, 5.41) is 3.65. The zero-order valence-electron chi connectivity index (χ0n) is 5.55. The Kier molecular flexibility index (Phi) is 1.27. The molecule has 0 bridgehead atoms. The third-order valence-electron chi connectivity index (χ3n) is 1.27. The molecule has 1 aliphatic heterocycles. The van der Waals surface area contributed by atoms with Crippen molar-refractivity contribution in [2.75, 3.05) is 0 Å². The van der Waals surface area contributed by atoms with E-state index in [0.717, 1.165) is 12.0 Å². The van der Waals surface area contributed by atoms with Crippen LogP contribution in [0.25, 0.3) is 0 Å². The van der Waals surface area contributed by atoms with Crippen molar-refractivity contribution in [2.24, 2.45) is 5.16 Å². The number of carbonyl (C=O) groups is 1. The van der Waals surface area contributed by atoms with Gasteiger partial charge in [0.15, 0.2) is 11.9 Å². The minimum atomic E-state index is -0.677. The highest BCUT2D eigenvalue weighted by atomic mass is 16.7. The van der Waals surface area contributed by atoms with E-state index in [2.05, 4.69) is 5.16 Å². The fourth-order valence-corrected chi connectivity index (χ4v) is 0.818. The lowest BCUT2D eigenvalue weighted by atomic mass is 10.0. The van der Waals surface area contributed by atoms with Gasteiger partial charge in [0.25, 0.3) is 0 Å². The van der Waals surface area contributed by atoms with Gasteiger partial charge < -0.3 is 4.84 Å². The molecule has 1 heterocycles. The van der Waals surface area contributed by atoms with E-state index >= 15 is 0 Å². The van der Waals surface area contributed by atoms with Crippen molar-refractivity contribution in [3.63, 3.8) is 0 Å². The summed E-state index contributed by atoms with van der Waals surface area (Å²) in [4.78, 5) is 15.1. The van der Waals surface area contributed by atoms with E-state index in [9.17, 15) is 4.79 Å². The highest BCUT2D eigenvalue weighted by molar-refractivity contribution is 5.87. The molecule has 0 saturated heterocycles. The van der Waals surface area contributed by atoms with Crippen LogP contribution in [0, 0.1) is 0 Å². The molecule has 0 aromatic carbocycles. The lowest BCUT2D eigenvalue weighted by Crippen LogP contribution is -2.25. The summed E-state index contributed by atoms with van der Waals surface area (Å²) < 4.78 is 0. The first-order valence-corrected chi connectivity index (χ1v) is 2.84. The van der Waals surface area contributed by atoms with Crippen LogP contribution in [0.1, 0.15) is 20.3 Å². The molecule has 1 aliphatic rings. The predicted molar refractivity (Wildman–Crippen MR) is 33.3 cm³/mol. The Balaban J connectivity index is 2.63. The van der Waals surface area contributed by atoms with Crippen LogP contribution in [-0.4, -0.2) is 17.6 Å². The summed E-state index contributed by atoms with van der Waals surface area (Å²) in [6.45, 7) is 3.56. The molecule has 0 saturated carbocycles. The van der Waals surface area contributed by atoms with Crippen LogP contribution < -0.4 is 0 Å². The van der Waals surface area contributed by atoms with Crippen LogP contribution in [0.5, 0.6) is 0 Å². The van der Waals surface area contributed by atoms with Crippen LogP contribution in [0.3, 0.4) is 0 Å². The Bertz CT molecular complexity index is 164. The third-order valence-corrected chi connectivity index (χ3v) is 1.27. The predicted octanol–water partition coefficient (Wildman–Crippen LogP) is 0.740. The summed E-state index contributed by atoms with van der Waals surface area (Å²) in [6.07, 6.45) is 1.41. The molecule has 1 unspecified atom stereocenters. The van der Waals surface area contributed by atoms with Crippen molar-refractivity contribution in [2.45, 2.75) is 25.9 Å². The van der Waals surface area contributed by atoms with Gasteiger partial charge >= 0.3 is 0 Å². The lowest BCUT2D eigenvalue weighted by molar-refractivity contribution is -0.125. The van der Waals surface area contributed by atoms with Crippen LogP contribution in [0.2, 0.25) is 0 Å². The van der Waals surface area contributed by atoms with Crippen LogP contribution >= 0.6 is 0 Å². The van der Waals surface area contributed by atoms with Crippen LogP contribution in [0.4, 0.5) is 0 Å². The first-order valence-electron chi connectivity index (χ1n) is 2.84. The molecule has 0 aromatic rings. The van der Waals surface area contributed by atoms with Gasteiger partial charge in [-0.15, -0.1) is 0 Å². The van der Waals surface area contributed by atoms with Gasteiger partial charge in [-0.05, 0) is 13.8 Å². The van der Waals surface area contributed by atoms with Crippen molar-refractivity contribution in [1.29, 1.82) is 0 Å². The number of carbonyl (C=O) groups excluding carboxylic acids is 1. The molecule has 0 radical (unpaired) electrons. The Labute approximate surface area is 53.7 Å². The highest BCUT2D eigenvalue weighted by Crippen LogP contribution is 2.19. The molecule has 0 fully saturated rings. The van der Waals surface area contributed by atoms with E-state index in [0.29, 0.717) is 6.42 Å². The van der Waals surface area contributed by atoms with Crippen LogP contribution in [-0.2, 0) is 9.63 Å². The molecule has 1 atom stereocenters. The zero-order valence-corrected chi connectivity index (χ0v) is 5.55. The Hall–Kier alpha value is -0.860. The van der Waals surface area contributed by atoms with E-state index in [1.54, 1.807) is 6.92 Å². The van der Waals surface area contributed by atoms with Crippen molar-refractivity contribution in [3.05, 3.63) is 0 Å². The van der Waals surface area contributed by atoms with Gasteiger partial charge in [-0.2, -0.15) is 0 Å². The maximum absolute atomic E-state index is 10.3. The summed E-state index contributed by atoms with van der Waals surface area (Å²) in [5.74, 6) is 0. The van der Waals surface area contributed by atoms with Crippen molar-refractivity contribution < 1.29 is 9.63 Å². The Morgan fingerprint density at radius 3 is 2.78 bits per heavy atom. The second-order valence-corrected chi connectivity index (χ2v) is 2.53. The van der Waals surface area contributed by atoms with E-state index in [4.69, 9.17) is 4.84 Å². The molecule has 3 nitrogen and oxygen atoms in total. The van der Waals surface area contributed by atoms with Gasteiger partial charge in [0.05, 0.1) is 5.71 Å². The molecule has 0 spiro atoms. The van der Waals surface area contributed by atoms with Crippen LogP contribution in [0.15, 0.2) is 5.16 Å². The fraction of sp³-hybridized carbons (Fsp3) is 0.667. The molecular formula is C6H9NO2. The average molecular weight is 127 g/mol. The normalized spacial score (nSPS) is 33.3. The third kappa shape index (κ3) is 1.09. The Morgan fingerprint density at radius 2 is 2.56 bits per heavy atom. The maximum atomic E-state index is 10.3. The van der Waals surface area contributed by atoms with E-state index in [1.807, 2.05) is 6.92 Å². The smallest absolute Gasteiger partial charge is 0.194 e.